The minimum atomic E-state index is -3.55. The third kappa shape index (κ3) is 4.04. The monoisotopic (exact) mass is 376 g/mol. The molecule has 2 rings (SSSR count). The molecule has 1 aromatic rings. The zero-order chi connectivity index (χ0) is 15.5. The molecule has 3 N–H and O–H groups in total. The fourth-order valence-corrected chi connectivity index (χ4v) is 4.66. The van der Waals surface area contributed by atoms with Crippen LogP contribution in [0.25, 0.3) is 0 Å². The number of nitrogens with two attached hydrogens (primary N) is 1. The highest BCUT2D eigenvalue weighted by Crippen LogP contribution is 2.25. The van der Waals surface area contributed by atoms with E-state index in [1.54, 1.807) is 18.2 Å². The lowest BCUT2D eigenvalue weighted by Gasteiger charge is -2.17. The van der Waals surface area contributed by atoms with E-state index in [9.17, 15) is 8.42 Å². The molecule has 1 aliphatic heterocycles. The summed E-state index contributed by atoms with van der Waals surface area (Å²) in [6, 6.07) is 5.13. The summed E-state index contributed by atoms with van der Waals surface area (Å²) in [4.78, 5) is 0.234. The van der Waals surface area contributed by atoms with Gasteiger partial charge in [0.15, 0.2) is 0 Å². The van der Waals surface area contributed by atoms with E-state index in [0.717, 1.165) is 18.4 Å². The first-order valence-corrected chi connectivity index (χ1v) is 9.35. The molecule has 0 saturated carbocycles. The molecule has 0 bridgehead atoms. The molecule has 1 saturated heterocycles. The van der Waals surface area contributed by atoms with Gasteiger partial charge in [-0.1, -0.05) is 13.0 Å². The van der Waals surface area contributed by atoms with E-state index < -0.39 is 10.0 Å². The maximum absolute atomic E-state index is 12.5. The highest BCUT2D eigenvalue weighted by Gasteiger charge is 2.28. The van der Waals surface area contributed by atoms with Crippen LogP contribution in [0.4, 0.5) is 0 Å². The third-order valence-corrected chi connectivity index (χ3v) is 6.22. The van der Waals surface area contributed by atoms with Gasteiger partial charge in [-0.15, -0.1) is 0 Å². The first-order chi connectivity index (χ1) is 9.97. The van der Waals surface area contributed by atoms with Crippen LogP contribution in [0.5, 0.6) is 0 Å². The second-order valence-electron chi connectivity index (χ2n) is 5.19. The van der Waals surface area contributed by atoms with Gasteiger partial charge in [0, 0.05) is 30.1 Å². The minimum absolute atomic E-state index is 0.145. The van der Waals surface area contributed by atoms with Crippen molar-refractivity contribution in [1.29, 1.82) is 0 Å². The Morgan fingerprint density at radius 2 is 2.24 bits per heavy atom. The highest BCUT2D eigenvalue weighted by molar-refractivity contribution is 9.10. The quantitative estimate of drug-likeness (QED) is 0.795. The maximum Gasteiger partial charge on any atom is 0.241 e. The molecule has 0 aromatic heterocycles. The van der Waals surface area contributed by atoms with Gasteiger partial charge in [0.1, 0.15) is 0 Å². The Hall–Kier alpha value is -0.470. The summed E-state index contributed by atoms with van der Waals surface area (Å²) in [6.45, 7) is 3.47. The summed E-state index contributed by atoms with van der Waals surface area (Å²) < 4.78 is 33.7. The van der Waals surface area contributed by atoms with Crippen LogP contribution in [0.15, 0.2) is 27.6 Å². The fraction of sp³-hybridized carbons (Fsp3) is 0.571. The average molecular weight is 377 g/mol. The molecule has 1 aromatic carbocycles. The van der Waals surface area contributed by atoms with Crippen molar-refractivity contribution in [2.24, 2.45) is 11.7 Å². The van der Waals surface area contributed by atoms with E-state index >= 15 is 0 Å². The molecule has 21 heavy (non-hydrogen) atoms. The van der Waals surface area contributed by atoms with Crippen LogP contribution in [0.3, 0.4) is 0 Å². The largest absolute Gasteiger partial charge is 0.378 e. The van der Waals surface area contributed by atoms with Crippen molar-refractivity contribution < 1.29 is 13.2 Å². The van der Waals surface area contributed by atoms with Crippen LogP contribution in [-0.4, -0.2) is 27.7 Å². The number of nitrogens with one attached hydrogen (secondary N) is 1. The minimum Gasteiger partial charge on any atom is -0.378 e. The topological polar surface area (TPSA) is 81.4 Å². The Kier molecular flexibility index (Phi) is 5.79. The van der Waals surface area contributed by atoms with E-state index in [2.05, 4.69) is 27.6 Å². The summed E-state index contributed by atoms with van der Waals surface area (Å²) >= 11 is 3.29. The highest BCUT2D eigenvalue weighted by atomic mass is 79.9. The number of ether oxygens (including phenoxy) is 1. The van der Waals surface area contributed by atoms with Crippen molar-refractivity contribution in [1.82, 2.24) is 4.72 Å². The predicted octanol–water partition coefficient (Wildman–Crippen LogP) is 2.00. The third-order valence-electron chi connectivity index (χ3n) is 3.81. The van der Waals surface area contributed by atoms with Crippen molar-refractivity contribution in [3.8, 4) is 0 Å². The average Bonchev–Trinajstić information content (AvgIpc) is 2.93. The number of hydrogen-bond donors (Lipinski definition) is 2. The number of hydrogen-bond acceptors (Lipinski definition) is 4. The molecular formula is C14H21BrN2O3S. The van der Waals surface area contributed by atoms with Gasteiger partial charge in [0.25, 0.3) is 0 Å². The van der Waals surface area contributed by atoms with E-state index in [4.69, 9.17) is 10.5 Å². The van der Waals surface area contributed by atoms with Gasteiger partial charge < -0.3 is 10.5 Å². The first-order valence-electron chi connectivity index (χ1n) is 7.07. The van der Waals surface area contributed by atoms with Crippen molar-refractivity contribution >= 4 is 26.0 Å². The van der Waals surface area contributed by atoms with Gasteiger partial charge >= 0.3 is 0 Å². The first kappa shape index (κ1) is 16.9. The predicted molar refractivity (Wildman–Crippen MR) is 85.4 cm³/mol. The van der Waals surface area contributed by atoms with Gasteiger partial charge in [-0.05, 0) is 46.5 Å². The molecule has 7 heteroatoms. The van der Waals surface area contributed by atoms with Crippen LogP contribution in [0, 0.1) is 5.92 Å². The number of halogens is 1. The Balaban J connectivity index is 2.11. The van der Waals surface area contributed by atoms with Crippen molar-refractivity contribution in [3.05, 3.63) is 28.2 Å². The lowest BCUT2D eigenvalue weighted by atomic mass is 10.0. The number of benzene rings is 1. The van der Waals surface area contributed by atoms with Gasteiger partial charge in [0.2, 0.25) is 10.0 Å². The zero-order valence-electron chi connectivity index (χ0n) is 12.0. The standard InChI is InChI=1S/C14H21BrN2O3S/c1-2-13-11(5-6-20-13)9-17-21(18,19)14-7-10(8-16)3-4-12(14)15/h3-4,7,11,13,17H,2,5-6,8-9,16H2,1H3. The van der Waals surface area contributed by atoms with Gasteiger partial charge in [-0.2, -0.15) is 0 Å². The van der Waals surface area contributed by atoms with Gasteiger partial charge in [-0.25, -0.2) is 13.1 Å². The van der Waals surface area contributed by atoms with Crippen LogP contribution in [-0.2, 0) is 21.3 Å². The molecule has 1 fully saturated rings. The lowest BCUT2D eigenvalue weighted by molar-refractivity contribution is 0.0884. The maximum atomic E-state index is 12.5. The normalized spacial score (nSPS) is 22.6. The number of rotatable bonds is 6. The smallest absolute Gasteiger partial charge is 0.241 e. The SMILES string of the molecule is CCC1OCCC1CNS(=O)(=O)c1cc(CN)ccc1Br. The molecule has 0 aliphatic carbocycles. The Morgan fingerprint density at radius 1 is 1.48 bits per heavy atom. The van der Waals surface area contributed by atoms with Gasteiger partial charge in [0.05, 0.1) is 11.0 Å². The van der Waals surface area contributed by atoms with Gasteiger partial charge in [-0.3, -0.25) is 0 Å². The van der Waals surface area contributed by atoms with Crippen LogP contribution in [0.1, 0.15) is 25.3 Å². The molecule has 1 aliphatic rings. The van der Waals surface area contributed by atoms with E-state index in [1.807, 2.05) is 0 Å². The van der Waals surface area contributed by atoms with Crippen molar-refractivity contribution in [2.45, 2.75) is 37.3 Å². The summed E-state index contributed by atoms with van der Waals surface area (Å²) in [5, 5.41) is 0. The zero-order valence-corrected chi connectivity index (χ0v) is 14.4. The summed E-state index contributed by atoms with van der Waals surface area (Å²) in [5.74, 6) is 0.237. The summed E-state index contributed by atoms with van der Waals surface area (Å²) in [7, 11) is -3.55. The Bertz CT molecular complexity index is 592. The molecule has 5 nitrogen and oxygen atoms in total. The molecule has 1 heterocycles. The van der Waals surface area contributed by atoms with Crippen LogP contribution >= 0.6 is 15.9 Å². The van der Waals surface area contributed by atoms with Crippen LogP contribution in [0.2, 0.25) is 0 Å². The van der Waals surface area contributed by atoms with Crippen molar-refractivity contribution in [3.63, 3.8) is 0 Å². The second kappa shape index (κ2) is 7.19. The number of sulfonamides is 1. The van der Waals surface area contributed by atoms with Crippen molar-refractivity contribution in [2.75, 3.05) is 13.2 Å². The molecule has 0 radical (unpaired) electrons. The second-order valence-corrected chi connectivity index (χ2v) is 7.78. The molecule has 2 unspecified atom stereocenters. The van der Waals surface area contributed by atoms with E-state index in [0.29, 0.717) is 24.2 Å². The molecule has 2 atom stereocenters. The lowest BCUT2D eigenvalue weighted by Crippen LogP contribution is -2.33. The molecule has 0 spiro atoms. The summed E-state index contributed by atoms with van der Waals surface area (Å²) in [6.07, 6.45) is 1.94. The molecule has 0 amide bonds. The molecular weight excluding hydrogens is 356 g/mol. The van der Waals surface area contributed by atoms with Crippen LogP contribution < -0.4 is 10.5 Å². The summed E-state index contributed by atoms with van der Waals surface area (Å²) in [5.41, 5.74) is 6.36. The Morgan fingerprint density at radius 3 is 2.90 bits per heavy atom. The van der Waals surface area contributed by atoms with E-state index in [-0.39, 0.29) is 16.9 Å². The fourth-order valence-electron chi connectivity index (χ4n) is 2.55. The molecule has 118 valence electrons. The van der Waals surface area contributed by atoms with E-state index in [1.165, 1.54) is 0 Å². The Labute approximate surface area is 134 Å².